The number of carboxylic acid groups (broad SMARTS) is 1. The average Bonchev–Trinajstić information content (AvgIpc) is 2.99. The lowest BCUT2D eigenvalue weighted by Crippen LogP contribution is -2.40. The summed E-state index contributed by atoms with van der Waals surface area (Å²) in [5.74, 6) is -1.40. The van der Waals surface area contributed by atoms with Gasteiger partial charge in [0.1, 0.15) is 6.26 Å². The van der Waals surface area contributed by atoms with E-state index in [1.165, 1.54) is 6.26 Å². The van der Waals surface area contributed by atoms with Crippen LogP contribution in [0.25, 0.3) is 0 Å². The zero-order valence-corrected chi connectivity index (χ0v) is 11.5. The Morgan fingerprint density at radius 2 is 2.40 bits per heavy atom. The largest absolute Gasteiger partial charge is 0.481 e. The van der Waals surface area contributed by atoms with E-state index in [1.807, 2.05) is 0 Å². The maximum Gasteiger partial charge on any atom is 0.360 e. The molecule has 20 heavy (non-hydrogen) atoms. The lowest BCUT2D eigenvalue weighted by atomic mass is 9.85. The van der Waals surface area contributed by atoms with Crippen molar-refractivity contribution in [2.75, 3.05) is 11.9 Å². The number of anilines is 1. The first-order valence-corrected chi connectivity index (χ1v) is 6.60. The summed E-state index contributed by atoms with van der Waals surface area (Å²) in [6.07, 6.45) is 3.35. The standard InChI is InChI=1S/C13H18N2O5/c1-3-19-10(16)8-7-20-12(14-8)15-9-5-4-6-13(9,2)11(17)18/h7,9H,3-6H2,1-2H3,(H,14,15)(H,17,18). The summed E-state index contributed by atoms with van der Waals surface area (Å²) in [5, 5.41) is 12.3. The van der Waals surface area contributed by atoms with Crippen LogP contribution in [0.15, 0.2) is 10.7 Å². The maximum atomic E-state index is 11.5. The third kappa shape index (κ3) is 2.61. The topological polar surface area (TPSA) is 102 Å². The van der Waals surface area contributed by atoms with E-state index < -0.39 is 17.4 Å². The van der Waals surface area contributed by atoms with Gasteiger partial charge in [-0.3, -0.25) is 4.79 Å². The molecule has 1 fully saturated rings. The van der Waals surface area contributed by atoms with E-state index in [9.17, 15) is 14.7 Å². The van der Waals surface area contributed by atoms with Crippen LogP contribution < -0.4 is 5.32 Å². The summed E-state index contributed by atoms with van der Waals surface area (Å²) in [6, 6.07) is -0.124. The smallest absolute Gasteiger partial charge is 0.360 e. The van der Waals surface area contributed by atoms with Crippen molar-refractivity contribution in [3.63, 3.8) is 0 Å². The maximum absolute atomic E-state index is 11.5. The van der Waals surface area contributed by atoms with E-state index in [-0.39, 0.29) is 24.4 Å². The molecular formula is C13H18N2O5. The highest BCUT2D eigenvalue weighted by Gasteiger charge is 2.45. The number of nitrogens with one attached hydrogen (secondary N) is 1. The van der Waals surface area contributed by atoms with E-state index >= 15 is 0 Å². The zero-order valence-electron chi connectivity index (χ0n) is 11.5. The van der Waals surface area contributed by atoms with E-state index in [1.54, 1.807) is 13.8 Å². The molecule has 1 saturated carbocycles. The third-order valence-electron chi connectivity index (χ3n) is 3.73. The number of nitrogens with zero attached hydrogens (tertiary/aromatic N) is 1. The Morgan fingerprint density at radius 1 is 1.65 bits per heavy atom. The average molecular weight is 282 g/mol. The number of rotatable bonds is 5. The fourth-order valence-electron chi connectivity index (χ4n) is 2.44. The Balaban J connectivity index is 2.07. The van der Waals surface area contributed by atoms with Crippen LogP contribution in [0.2, 0.25) is 0 Å². The van der Waals surface area contributed by atoms with Gasteiger partial charge in [0.2, 0.25) is 0 Å². The van der Waals surface area contributed by atoms with Crippen LogP contribution in [-0.4, -0.2) is 34.7 Å². The van der Waals surface area contributed by atoms with Gasteiger partial charge in [0.15, 0.2) is 5.69 Å². The normalized spacial score (nSPS) is 25.4. The van der Waals surface area contributed by atoms with Crippen molar-refractivity contribution in [2.24, 2.45) is 5.41 Å². The Bertz CT molecular complexity index is 513. The second-order valence-electron chi connectivity index (χ2n) is 5.07. The monoisotopic (exact) mass is 282 g/mol. The van der Waals surface area contributed by atoms with Gasteiger partial charge >= 0.3 is 11.9 Å². The number of carbonyl (C=O) groups is 2. The fourth-order valence-corrected chi connectivity index (χ4v) is 2.44. The van der Waals surface area contributed by atoms with Crippen LogP contribution in [0.5, 0.6) is 0 Å². The molecule has 1 heterocycles. The third-order valence-corrected chi connectivity index (χ3v) is 3.73. The molecule has 1 aromatic heterocycles. The van der Waals surface area contributed by atoms with Gasteiger partial charge in [0.05, 0.1) is 12.0 Å². The van der Waals surface area contributed by atoms with Crippen molar-refractivity contribution in [3.05, 3.63) is 12.0 Å². The minimum Gasteiger partial charge on any atom is -0.481 e. The van der Waals surface area contributed by atoms with Gasteiger partial charge in [0.25, 0.3) is 6.01 Å². The molecule has 0 amide bonds. The summed E-state index contributed by atoms with van der Waals surface area (Å²) >= 11 is 0. The quantitative estimate of drug-likeness (QED) is 0.795. The molecule has 110 valence electrons. The van der Waals surface area contributed by atoms with Gasteiger partial charge in [-0.25, -0.2) is 4.79 Å². The SMILES string of the molecule is CCOC(=O)c1coc(NC2CCCC2(C)C(=O)O)n1. The van der Waals surface area contributed by atoms with Crippen LogP contribution in [0.3, 0.4) is 0 Å². The van der Waals surface area contributed by atoms with Gasteiger partial charge in [-0.1, -0.05) is 6.42 Å². The molecule has 7 heteroatoms. The molecule has 1 aliphatic rings. The lowest BCUT2D eigenvalue weighted by molar-refractivity contribution is -0.147. The highest BCUT2D eigenvalue weighted by atomic mass is 16.5. The summed E-state index contributed by atoms with van der Waals surface area (Å²) in [6.45, 7) is 3.66. The highest BCUT2D eigenvalue weighted by molar-refractivity contribution is 5.87. The first kappa shape index (κ1) is 14.4. The van der Waals surface area contributed by atoms with Crippen molar-refractivity contribution < 1.29 is 23.8 Å². The zero-order chi connectivity index (χ0) is 14.8. The van der Waals surface area contributed by atoms with Crippen molar-refractivity contribution in [1.29, 1.82) is 0 Å². The number of aromatic nitrogens is 1. The van der Waals surface area contributed by atoms with Gasteiger partial charge in [-0.05, 0) is 26.7 Å². The number of ether oxygens (including phenoxy) is 1. The Hall–Kier alpha value is -2.05. The minimum absolute atomic E-state index is 0.0735. The molecule has 0 radical (unpaired) electrons. The second-order valence-corrected chi connectivity index (χ2v) is 5.07. The number of aliphatic carboxylic acids is 1. The summed E-state index contributed by atoms with van der Waals surface area (Å²) < 4.78 is 9.96. The second kappa shape index (κ2) is 5.52. The fraction of sp³-hybridized carbons (Fsp3) is 0.615. The van der Waals surface area contributed by atoms with E-state index in [0.717, 1.165) is 12.8 Å². The molecule has 2 unspecified atom stereocenters. The van der Waals surface area contributed by atoms with Crippen LogP contribution in [-0.2, 0) is 9.53 Å². The summed E-state index contributed by atoms with van der Waals surface area (Å²) in [5.41, 5.74) is -0.775. The molecule has 0 spiro atoms. The highest BCUT2D eigenvalue weighted by Crippen LogP contribution is 2.39. The number of carboxylic acids is 1. The summed E-state index contributed by atoms with van der Waals surface area (Å²) in [4.78, 5) is 26.8. The Kier molecular flexibility index (Phi) is 3.96. The number of carbonyl (C=O) groups excluding carboxylic acids is 1. The number of oxazole rings is 1. The van der Waals surface area contributed by atoms with Gasteiger partial charge in [-0.2, -0.15) is 4.98 Å². The van der Waals surface area contributed by atoms with Crippen LogP contribution in [0.4, 0.5) is 6.01 Å². The molecule has 1 aliphatic carbocycles. The molecule has 0 saturated heterocycles. The van der Waals surface area contributed by atoms with Gasteiger partial charge in [-0.15, -0.1) is 0 Å². The molecule has 2 rings (SSSR count). The molecule has 2 atom stereocenters. The van der Waals surface area contributed by atoms with E-state index in [0.29, 0.717) is 6.42 Å². The molecule has 2 N–H and O–H groups in total. The predicted molar refractivity (Wildman–Crippen MR) is 69.5 cm³/mol. The summed E-state index contributed by atoms with van der Waals surface area (Å²) in [7, 11) is 0. The number of hydrogen-bond donors (Lipinski definition) is 2. The van der Waals surface area contributed by atoms with Crippen molar-refractivity contribution >= 4 is 18.0 Å². The molecular weight excluding hydrogens is 264 g/mol. The molecule has 7 nitrogen and oxygen atoms in total. The predicted octanol–water partition coefficient (Wildman–Crippen LogP) is 1.91. The van der Waals surface area contributed by atoms with Crippen molar-refractivity contribution in [3.8, 4) is 0 Å². The minimum atomic E-state index is -0.849. The van der Waals surface area contributed by atoms with Crippen LogP contribution >= 0.6 is 0 Å². The number of hydrogen-bond acceptors (Lipinski definition) is 6. The lowest BCUT2D eigenvalue weighted by Gasteiger charge is -2.26. The molecule has 0 aliphatic heterocycles. The number of esters is 1. The molecule has 1 aromatic rings. The molecule has 0 bridgehead atoms. The van der Waals surface area contributed by atoms with E-state index in [4.69, 9.17) is 9.15 Å². The molecule has 0 aromatic carbocycles. The van der Waals surface area contributed by atoms with Gasteiger partial charge in [0, 0.05) is 6.04 Å². The first-order chi connectivity index (χ1) is 9.47. The van der Waals surface area contributed by atoms with Crippen LogP contribution in [0.1, 0.15) is 43.6 Å². The van der Waals surface area contributed by atoms with Crippen molar-refractivity contribution in [1.82, 2.24) is 4.98 Å². The van der Waals surface area contributed by atoms with E-state index in [2.05, 4.69) is 10.3 Å². The van der Waals surface area contributed by atoms with Crippen LogP contribution in [0, 0.1) is 5.41 Å². The Morgan fingerprint density at radius 3 is 3.05 bits per heavy atom. The Labute approximate surface area is 116 Å². The first-order valence-electron chi connectivity index (χ1n) is 6.60. The van der Waals surface area contributed by atoms with Gasteiger partial charge < -0.3 is 19.6 Å². The van der Waals surface area contributed by atoms with Crippen molar-refractivity contribution in [2.45, 2.75) is 39.2 Å².